The first-order valence-corrected chi connectivity index (χ1v) is 10.0. The van der Waals surface area contributed by atoms with Crippen LogP contribution in [0.25, 0.3) is 22.2 Å². The number of para-hydroxylation sites is 1. The summed E-state index contributed by atoms with van der Waals surface area (Å²) < 4.78 is 5.20. The lowest BCUT2D eigenvalue weighted by molar-refractivity contribution is 0.0955. The molecule has 1 amide bonds. The lowest BCUT2D eigenvalue weighted by Crippen LogP contribution is -2.27. The fraction of sp³-hybridized carbons (Fsp3) is 0.154. The second kappa shape index (κ2) is 8.78. The van der Waals surface area contributed by atoms with Crippen molar-refractivity contribution in [3.8, 4) is 17.0 Å². The molecule has 0 bridgehead atoms. The first-order valence-electron chi connectivity index (χ1n) is 10.0. The van der Waals surface area contributed by atoms with E-state index in [-0.39, 0.29) is 5.91 Å². The Labute approximate surface area is 176 Å². The van der Waals surface area contributed by atoms with E-state index >= 15 is 0 Å². The number of carbonyl (C=O) groups is 1. The quantitative estimate of drug-likeness (QED) is 0.488. The van der Waals surface area contributed by atoms with Crippen molar-refractivity contribution < 1.29 is 9.53 Å². The molecule has 1 N–H and O–H groups in total. The van der Waals surface area contributed by atoms with Crippen molar-refractivity contribution in [2.24, 2.45) is 0 Å². The van der Waals surface area contributed by atoms with Crippen LogP contribution in [0.2, 0.25) is 0 Å². The van der Waals surface area contributed by atoms with Crippen LogP contribution in [0.15, 0.2) is 78.9 Å². The van der Waals surface area contributed by atoms with E-state index in [0.29, 0.717) is 12.1 Å². The van der Waals surface area contributed by atoms with Gasteiger partial charge in [0.25, 0.3) is 5.91 Å². The number of rotatable bonds is 6. The Kier molecular flexibility index (Phi) is 5.75. The molecular formula is C26H24N2O2. The number of hydrogen-bond donors (Lipinski definition) is 1. The molecule has 4 heteroatoms. The van der Waals surface area contributed by atoms with E-state index in [0.717, 1.165) is 45.5 Å². The number of carbonyl (C=O) groups excluding carboxylic acids is 1. The molecule has 4 aromatic rings. The lowest BCUT2D eigenvalue weighted by Gasteiger charge is -2.15. The zero-order valence-electron chi connectivity index (χ0n) is 17.2. The van der Waals surface area contributed by atoms with Gasteiger partial charge in [0, 0.05) is 17.5 Å². The molecule has 0 fully saturated rings. The minimum atomic E-state index is -0.0724. The Hall–Kier alpha value is -3.66. The predicted octanol–water partition coefficient (Wildman–Crippen LogP) is 5.19. The van der Waals surface area contributed by atoms with Crippen LogP contribution >= 0.6 is 0 Å². The molecular weight excluding hydrogens is 372 g/mol. The number of benzene rings is 3. The number of methoxy groups -OCH3 is 1. The highest BCUT2D eigenvalue weighted by molar-refractivity contribution is 6.08. The SMILES string of the molecule is COc1ccc(CCNC(=O)c2c(C)c(-c3ccccc3)nc3ccccc23)cc1. The van der Waals surface area contributed by atoms with Gasteiger partial charge in [-0.1, -0.05) is 60.7 Å². The number of aromatic nitrogens is 1. The third-order valence-corrected chi connectivity index (χ3v) is 5.27. The fourth-order valence-corrected chi connectivity index (χ4v) is 3.68. The van der Waals surface area contributed by atoms with Gasteiger partial charge in [0.15, 0.2) is 0 Å². The Morgan fingerprint density at radius 2 is 1.63 bits per heavy atom. The van der Waals surface area contributed by atoms with Gasteiger partial charge in [0.2, 0.25) is 0 Å². The molecule has 0 atom stereocenters. The van der Waals surface area contributed by atoms with Crippen molar-refractivity contribution in [1.29, 1.82) is 0 Å². The van der Waals surface area contributed by atoms with E-state index in [2.05, 4.69) is 5.32 Å². The summed E-state index contributed by atoms with van der Waals surface area (Å²) >= 11 is 0. The molecule has 4 nitrogen and oxygen atoms in total. The standard InChI is InChI=1S/C26H24N2O2/c1-18-24(26(29)27-17-16-19-12-14-21(30-2)15-13-19)22-10-6-7-11-23(22)28-25(18)20-8-4-3-5-9-20/h3-15H,16-17H2,1-2H3,(H,27,29). The van der Waals surface area contributed by atoms with Crippen LogP contribution < -0.4 is 10.1 Å². The van der Waals surface area contributed by atoms with Crippen LogP contribution in [0.5, 0.6) is 5.75 Å². The third-order valence-electron chi connectivity index (χ3n) is 5.27. The maximum atomic E-state index is 13.2. The number of fused-ring (bicyclic) bond motifs is 1. The smallest absolute Gasteiger partial charge is 0.252 e. The van der Waals surface area contributed by atoms with Crippen LogP contribution in [0.1, 0.15) is 21.5 Å². The van der Waals surface area contributed by atoms with E-state index in [4.69, 9.17) is 9.72 Å². The molecule has 4 rings (SSSR count). The summed E-state index contributed by atoms with van der Waals surface area (Å²) in [6, 6.07) is 25.7. The first kappa shape index (κ1) is 19.6. The second-order valence-corrected chi connectivity index (χ2v) is 7.20. The molecule has 0 unspecified atom stereocenters. The molecule has 0 aliphatic carbocycles. The molecule has 0 aliphatic rings. The third kappa shape index (κ3) is 4.03. The molecule has 1 aromatic heterocycles. The van der Waals surface area contributed by atoms with Crippen LogP contribution in [0, 0.1) is 6.92 Å². The van der Waals surface area contributed by atoms with Crippen molar-refractivity contribution >= 4 is 16.8 Å². The van der Waals surface area contributed by atoms with Gasteiger partial charge in [-0.3, -0.25) is 4.79 Å². The molecule has 0 spiro atoms. The number of hydrogen-bond acceptors (Lipinski definition) is 3. The zero-order chi connectivity index (χ0) is 20.9. The van der Waals surface area contributed by atoms with Gasteiger partial charge in [-0.25, -0.2) is 4.98 Å². The predicted molar refractivity (Wildman–Crippen MR) is 121 cm³/mol. The average Bonchev–Trinajstić information content (AvgIpc) is 2.79. The maximum absolute atomic E-state index is 13.2. The second-order valence-electron chi connectivity index (χ2n) is 7.20. The van der Waals surface area contributed by atoms with Crippen LogP contribution in [0.3, 0.4) is 0 Å². The summed E-state index contributed by atoms with van der Waals surface area (Å²) in [7, 11) is 1.65. The lowest BCUT2D eigenvalue weighted by atomic mass is 9.97. The van der Waals surface area contributed by atoms with E-state index in [1.165, 1.54) is 0 Å². The molecule has 150 valence electrons. The normalized spacial score (nSPS) is 10.7. The number of nitrogens with zero attached hydrogens (tertiary/aromatic N) is 1. The van der Waals surface area contributed by atoms with Crippen LogP contribution in [-0.4, -0.2) is 24.5 Å². The van der Waals surface area contributed by atoms with Crippen LogP contribution in [-0.2, 0) is 6.42 Å². The first-order chi connectivity index (χ1) is 14.7. The van der Waals surface area contributed by atoms with E-state index in [1.54, 1.807) is 7.11 Å². The minimum Gasteiger partial charge on any atom is -0.497 e. The zero-order valence-corrected chi connectivity index (χ0v) is 17.2. The van der Waals surface area contributed by atoms with Gasteiger partial charge in [0.05, 0.1) is 23.9 Å². The Bertz CT molecular complexity index is 1170. The fourth-order valence-electron chi connectivity index (χ4n) is 3.68. The topological polar surface area (TPSA) is 51.2 Å². The van der Waals surface area contributed by atoms with E-state index in [1.807, 2.05) is 85.8 Å². The minimum absolute atomic E-state index is 0.0724. The molecule has 0 saturated carbocycles. The molecule has 30 heavy (non-hydrogen) atoms. The van der Waals surface area contributed by atoms with E-state index < -0.39 is 0 Å². The number of amides is 1. The summed E-state index contributed by atoms with van der Waals surface area (Å²) in [6.45, 7) is 2.53. The Morgan fingerprint density at radius 1 is 0.933 bits per heavy atom. The van der Waals surface area contributed by atoms with Gasteiger partial charge >= 0.3 is 0 Å². The Balaban J connectivity index is 1.61. The van der Waals surface area contributed by atoms with Crippen molar-refractivity contribution in [3.63, 3.8) is 0 Å². The summed E-state index contributed by atoms with van der Waals surface area (Å²) in [5, 5.41) is 3.96. The highest BCUT2D eigenvalue weighted by Gasteiger charge is 2.18. The molecule has 0 radical (unpaired) electrons. The molecule has 3 aromatic carbocycles. The average molecular weight is 396 g/mol. The van der Waals surface area contributed by atoms with Crippen LogP contribution in [0.4, 0.5) is 0 Å². The number of ether oxygens (including phenoxy) is 1. The molecule has 0 aliphatic heterocycles. The summed E-state index contributed by atoms with van der Waals surface area (Å²) in [5.74, 6) is 0.756. The van der Waals surface area contributed by atoms with Gasteiger partial charge in [-0.05, 0) is 42.7 Å². The number of nitrogens with one attached hydrogen (secondary N) is 1. The maximum Gasteiger partial charge on any atom is 0.252 e. The van der Waals surface area contributed by atoms with Crippen molar-refractivity contribution in [3.05, 3.63) is 95.6 Å². The molecule has 1 heterocycles. The van der Waals surface area contributed by atoms with E-state index in [9.17, 15) is 4.79 Å². The summed E-state index contributed by atoms with van der Waals surface area (Å²) in [4.78, 5) is 18.0. The summed E-state index contributed by atoms with van der Waals surface area (Å²) in [5.41, 5.74) is 5.40. The van der Waals surface area contributed by atoms with Gasteiger partial charge in [-0.15, -0.1) is 0 Å². The van der Waals surface area contributed by atoms with Gasteiger partial charge in [-0.2, -0.15) is 0 Å². The largest absolute Gasteiger partial charge is 0.497 e. The highest BCUT2D eigenvalue weighted by Crippen LogP contribution is 2.29. The van der Waals surface area contributed by atoms with Crippen molar-refractivity contribution in [1.82, 2.24) is 10.3 Å². The Morgan fingerprint density at radius 3 is 2.37 bits per heavy atom. The van der Waals surface area contributed by atoms with Gasteiger partial charge in [0.1, 0.15) is 5.75 Å². The highest BCUT2D eigenvalue weighted by atomic mass is 16.5. The summed E-state index contributed by atoms with van der Waals surface area (Å²) in [6.07, 6.45) is 0.753. The van der Waals surface area contributed by atoms with Crippen molar-refractivity contribution in [2.45, 2.75) is 13.3 Å². The monoisotopic (exact) mass is 396 g/mol. The number of pyridine rings is 1. The van der Waals surface area contributed by atoms with Gasteiger partial charge < -0.3 is 10.1 Å². The van der Waals surface area contributed by atoms with Crippen molar-refractivity contribution in [2.75, 3.05) is 13.7 Å². The molecule has 0 saturated heterocycles.